The van der Waals surface area contributed by atoms with Crippen molar-refractivity contribution in [1.29, 1.82) is 0 Å². The minimum absolute atomic E-state index is 0.0405. The van der Waals surface area contributed by atoms with Gasteiger partial charge in [0.25, 0.3) is 0 Å². The van der Waals surface area contributed by atoms with Gasteiger partial charge in [-0.1, -0.05) is 36.8 Å². The molecule has 124 valence electrons. The standard InChI is InChI=1S/C20H21NO2S/c22-20(16-12-17-4-3-5-18(13-16)24(17)23)15-9-7-14(8-10-15)19-6-1-2-11-21-19/h1-2,6-11,16-18H,3-5,12-13H2. The molecule has 2 fully saturated rings. The summed E-state index contributed by atoms with van der Waals surface area (Å²) < 4.78 is 12.3. The number of ketones is 1. The predicted molar refractivity (Wildman–Crippen MR) is 96.3 cm³/mol. The lowest BCUT2D eigenvalue weighted by molar-refractivity contribution is 0.0895. The van der Waals surface area contributed by atoms with Crippen LogP contribution in [0.5, 0.6) is 0 Å². The van der Waals surface area contributed by atoms with Gasteiger partial charge in [0.15, 0.2) is 5.78 Å². The van der Waals surface area contributed by atoms with E-state index in [1.54, 1.807) is 6.20 Å². The molecular weight excluding hydrogens is 318 g/mol. The van der Waals surface area contributed by atoms with Gasteiger partial charge in [0, 0.05) is 44.5 Å². The zero-order chi connectivity index (χ0) is 16.5. The van der Waals surface area contributed by atoms with E-state index in [1.165, 1.54) is 6.42 Å². The van der Waals surface area contributed by atoms with Crippen LogP contribution in [0.4, 0.5) is 0 Å². The van der Waals surface area contributed by atoms with Gasteiger partial charge in [-0.3, -0.25) is 14.0 Å². The molecule has 0 saturated carbocycles. The van der Waals surface area contributed by atoms with Crippen LogP contribution in [0.15, 0.2) is 48.7 Å². The average molecular weight is 339 g/mol. The van der Waals surface area contributed by atoms with Crippen LogP contribution in [0.1, 0.15) is 42.5 Å². The third-order valence-electron chi connectivity index (χ3n) is 5.30. The summed E-state index contributed by atoms with van der Waals surface area (Å²) in [6, 6.07) is 13.6. The highest BCUT2D eigenvalue weighted by Crippen LogP contribution is 2.38. The first-order valence-electron chi connectivity index (χ1n) is 8.67. The maximum atomic E-state index is 12.9. The molecule has 1 aromatic carbocycles. The first kappa shape index (κ1) is 15.7. The number of carbonyl (C=O) groups excluding carboxylic acids is 1. The summed E-state index contributed by atoms with van der Waals surface area (Å²) in [7, 11) is -0.719. The van der Waals surface area contributed by atoms with Crippen molar-refractivity contribution in [2.75, 3.05) is 0 Å². The topological polar surface area (TPSA) is 47.0 Å². The van der Waals surface area contributed by atoms with E-state index in [4.69, 9.17) is 0 Å². The van der Waals surface area contributed by atoms with E-state index in [9.17, 15) is 9.00 Å². The van der Waals surface area contributed by atoms with Crippen LogP contribution in [-0.2, 0) is 10.8 Å². The van der Waals surface area contributed by atoms with Gasteiger partial charge >= 0.3 is 0 Å². The Hall–Kier alpha value is -1.81. The Balaban J connectivity index is 1.52. The van der Waals surface area contributed by atoms with Crippen molar-refractivity contribution >= 4 is 16.6 Å². The Morgan fingerprint density at radius 3 is 2.33 bits per heavy atom. The minimum Gasteiger partial charge on any atom is -0.294 e. The van der Waals surface area contributed by atoms with Gasteiger partial charge in [-0.15, -0.1) is 0 Å². The fourth-order valence-electron chi connectivity index (χ4n) is 4.02. The summed E-state index contributed by atoms with van der Waals surface area (Å²) in [4.78, 5) is 17.2. The van der Waals surface area contributed by atoms with Gasteiger partial charge in [-0.25, -0.2) is 0 Å². The van der Waals surface area contributed by atoms with Crippen LogP contribution in [0.25, 0.3) is 11.3 Å². The van der Waals surface area contributed by atoms with Crippen molar-refractivity contribution in [3.63, 3.8) is 0 Å². The molecule has 0 radical (unpaired) electrons. The van der Waals surface area contributed by atoms with Gasteiger partial charge in [-0.2, -0.15) is 0 Å². The van der Waals surface area contributed by atoms with Crippen molar-refractivity contribution in [2.45, 2.75) is 42.6 Å². The van der Waals surface area contributed by atoms with Crippen LogP contribution < -0.4 is 0 Å². The van der Waals surface area contributed by atoms with Crippen LogP contribution >= 0.6 is 0 Å². The molecule has 0 amide bonds. The SMILES string of the molecule is O=C(c1ccc(-c2ccccn2)cc1)C1CC2CCCC(C1)S2=O. The molecule has 2 aliphatic heterocycles. The third kappa shape index (κ3) is 2.95. The Morgan fingerprint density at radius 1 is 1.00 bits per heavy atom. The fourth-order valence-corrected chi connectivity index (χ4v) is 6.21. The van der Waals surface area contributed by atoms with Crippen LogP contribution in [0, 0.1) is 5.92 Å². The molecular formula is C20H21NO2S. The zero-order valence-electron chi connectivity index (χ0n) is 13.6. The van der Waals surface area contributed by atoms with Gasteiger partial charge in [0.05, 0.1) is 5.69 Å². The highest BCUT2D eigenvalue weighted by molar-refractivity contribution is 7.86. The first-order valence-corrected chi connectivity index (χ1v) is 9.95. The normalized spacial score (nSPS) is 29.2. The monoisotopic (exact) mass is 339 g/mol. The summed E-state index contributed by atoms with van der Waals surface area (Å²) >= 11 is 0. The van der Waals surface area contributed by atoms with Crippen molar-refractivity contribution in [3.05, 3.63) is 54.2 Å². The van der Waals surface area contributed by atoms with E-state index >= 15 is 0 Å². The molecule has 3 heterocycles. The van der Waals surface area contributed by atoms with Crippen LogP contribution in [0.3, 0.4) is 0 Å². The highest BCUT2D eigenvalue weighted by atomic mass is 32.2. The summed E-state index contributed by atoms with van der Waals surface area (Å²) in [6.45, 7) is 0. The number of benzene rings is 1. The Bertz CT molecular complexity index is 741. The minimum atomic E-state index is -0.719. The predicted octanol–water partition coefficient (Wildman–Crippen LogP) is 4.01. The second-order valence-corrected chi connectivity index (χ2v) is 8.82. The largest absolute Gasteiger partial charge is 0.294 e. The molecule has 4 heteroatoms. The maximum Gasteiger partial charge on any atom is 0.166 e. The van der Waals surface area contributed by atoms with E-state index in [2.05, 4.69) is 4.98 Å². The quantitative estimate of drug-likeness (QED) is 0.794. The molecule has 2 bridgehead atoms. The van der Waals surface area contributed by atoms with Crippen LogP contribution in [0.2, 0.25) is 0 Å². The van der Waals surface area contributed by atoms with E-state index in [0.29, 0.717) is 0 Å². The molecule has 2 saturated heterocycles. The summed E-state index contributed by atoms with van der Waals surface area (Å²) in [5, 5.41) is 0.471. The second-order valence-electron chi connectivity index (χ2n) is 6.83. The highest BCUT2D eigenvalue weighted by Gasteiger charge is 2.40. The van der Waals surface area contributed by atoms with Crippen molar-refractivity contribution < 1.29 is 9.00 Å². The number of aromatic nitrogens is 1. The summed E-state index contributed by atoms with van der Waals surface area (Å²) in [6.07, 6.45) is 6.57. The van der Waals surface area contributed by atoms with E-state index in [0.717, 1.165) is 42.5 Å². The number of pyridine rings is 1. The van der Waals surface area contributed by atoms with Crippen LogP contribution in [-0.4, -0.2) is 25.5 Å². The lowest BCUT2D eigenvalue weighted by atomic mass is 9.84. The number of Topliss-reactive ketones (excluding diaryl/α,β-unsaturated/α-hetero) is 1. The molecule has 2 aromatic rings. The Labute approximate surface area is 145 Å². The third-order valence-corrected chi connectivity index (χ3v) is 7.48. The molecule has 3 nitrogen and oxygen atoms in total. The smallest absolute Gasteiger partial charge is 0.166 e. The number of carbonyl (C=O) groups is 1. The number of hydrogen-bond donors (Lipinski definition) is 0. The van der Waals surface area contributed by atoms with Crippen molar-refractivity contribution in [3.8, 4) is 11.3 Å². The molecule has 4 rings (SSSR count). The first-order chi connectivity index (χ1) is 11.7. The number of fused-ring (bicyclic) bond motifs is 2. The molecule has 0 N–H and O–H groups in total. The van der Waals surface area contributed by atoms with Crippen molar-refractivity contribution in [1.82, 2.24) is 4.98 Å². The molecule has 1 aromatic heterocycles. The lowest BCUT2D eigenvalue weighted by Crippen LogP contribution is -2.41. The van der Waals surface area contributed by atoms with E-state index in [-0.39, 0.29) is 22.2 Å². The van der Waals surface area contributed by atoms with Gasteiger partial charge in [-0.05, 0) is 37.8 Å². The fraction of sp³-hybridized carbons (Fsp3) is 0.400. The molecule has 2 aliphatic rings. The molecule has 2 atom stereocenters. The second kappa shape index (κ2) is 6.60. The summed E-state index contributed by atoms with van der Waals surface area (Å²) in [5.74, 6) is 0.259. The maximum absolute atomic E-state index is 12.9. The number of rotatable bonds is 3. The zero-order valence-corrected chi connectivity index (χ0v) is 14.4. The Kier molecular flexibility index (Phi) is 4.31. The van der Waals surface area contributed by atoms with Crippen molar-refractivity contribution in [2.24, 2.45) is 5.92 Å². The molecule has 0 aliphatic carbocycles. The lowest BCUT2D eigenvalue weighted by Gasteiger charge is -2.37. The van der Waals surface area contributed by atoms with Gasteiger partial charge in [0.1, 0.15) is 0 Å². The molecule has 0 spiro atoms. The molecule has 2 unspecified atom stereocenters. The van der Waals surface area contributed by atoms with Gasteiger partial charge < -0.3 is 0 Å². The Morgan fingerprint density at radius 2 is 1.71 bits per heavy atom. The van der Waals surface area contributed by atoms with E-state index in [1.807, 2.05) is 42.5 Å². The van der Waals surface area contributed by atoms with E-state index < -0.39 is 10.8 Å². The number of nitrogens with zero attached hydrogens (tertiary/aromatic N) is 1. The molecule has 24 heavy (non-hydrogen) atoms. The summed E-state index contributed by atoms with van der Waals surface area (Å²) in [5.41, 5.74) is 2.71. The average Bonchev–Trinajstić information content (AvgIpc) is 2.62. The number of hydrogen-bond acceptors (Lipinski definition) is 3. The van der Waals surface area contributed by atoms with Gasteiger partial charge in [0.2, 0.25) is 0 Å².